The topological polar surface area (TPSA) is 18.8 Å². The first-order valence-electron chi connectivity index (χ1n) is 9.85. The monoisotopic (exact) mass is 369 g/mol. The average Bonchev–Trinajstić information content (AvgIpc) is 3.00. The molecule has 0 spiro atoms. The molecule has 0 aliphatic carbocycles. The van der Waals surface area contributed by atoms with E-state index in [-0.39, 0.29) is 18.1 Å². The maximum atomic E-state index is 5.13. The van der Waals surface area contributed by atoms with E-state index in [2.05, 4.69) is 116 Å². The number of benzene rings is 3. The zero-order valence-corrected chi connectivity index (χ0v) is 16.7. The highest BCUT2D eigenvalue weighted by atomic mass is 15.5. The van der Waals surface area contributed by atoms with Crippen molar-refractivity contribution in [3.8, 4) is 0 Å². The number of aliphatic imine (C=N–C) groups is 1. The summed E-state index contributed by atoms with van der Waals surface area (Å²) in [5, 5.41) is 0. The smallest absolute Gasteiger partial charge is 0.197 e. The fourth-order valence-electron chi connectivity index (χ4n) is 4.19. The molecule has 1 aliphatic heterocycles. The minimum atomic E-state index is 0.104. The highest BCUT2D eigenvalue weighted by Crippen LogP contribution is 2.43. The van der Waals surface area contributed by atoms with E-state index in [1.165, 1.54) is 16.7 Å². The summed E-state index contributed by atoms with van der Waals surface area (Å²) in [7, 11) is 4.32. The number of nitrogens with zero attached hydrogens (tertiary/aromatic N) is 3. The molecule has 1 heterocycles. The number of likely N-dealkylation sites (N-methyl/N-ethyl adjacent to an activating group) is 2. The summed E-state index contributed by atoms with van der Waals surface area (Å²) in [5.41, 5.74) is 3.85. The van der Waals surface area contributed by atoms with Crippen molar-refractivity contribution in [3.63, 3.8) is 0 Å². The van der Waals surface area contributed by atoms with Crippen LogP contribution in [0.1, 0.15) is 41.7 Å². The van der Waals surface area contributed by atoms with Gasteiger partial charge in [0.15, 0.2) is 5.96 Å². The van der Waals surface area contributed by atoms with Crippen molar-refractivity contribution in [2.24, 2.45) is 4.99 Å². The summed E-state index contributed by atoms with van der Waals surface area (Å²) in [4.78, 5) is 9.78. The Morgan fingerprint density at radius 1 is 0.643 bits per heavy atom. The van der Waals surface area contributed by atoms with E-state index in [4.69, 9.17) is 4.99 Å². The number of hydrogen-bond donors (Lipinski definition) is 0. The van der Waals surface area contributed by atoms with E-state index >= 15 is 0 Å². The molecular weight excluding hydrogens is 342 g/mol. The molecule has 0 saturated carbocycles. The molecule has 3 aromatic rings. The Hall–Kier alpha value is -3.07. The fraction of sp³-hybridized carbons (Fsp3) is 0.240. The van der Waals surface area contributed by atoms with E-state index in [9.17, 15) is 0 Å². The molecule has 0 radical (unpaired) electrons. The van der Waals surface area contributed by atoms with Crippen molar-refractivity contribution in [1.29, 1.82) is 0 Å². The second-order valence-corrected chi connectivity index (χ2v) is 7.45. The van der Waals surface area contributed by atoms with Crippen molar-refractivity contribution in [2.45, 2.75) is 25.0 Å². The Bertz CT molecular complexity index is 868. The quantitative estimate of drug-likeness (QED) is 0.608. The van der Waals surface area contributed by atoms with Crippen molar-refractivity contribution < 1.29 is 0 Å². The van der Waals surface area contributed by atoms with Crippen LogP contribution in [0.3, 0.4) is 0 Å². The first-order chi connectivity index (χ1) is 13.7. The lowest BCUT2D eigenvalue weighted by Gasteiger charge is -2.26. The third-order valence-corrected chi connectivity index (χ3v) is 5.64. The standard InChI is InChI=1S/C25H27N3/c1-19(20-13-7-4-8-14-20)26-25-27(2)23(21-15-9-5-10-16-21)24(28(25)3)22-17-11-6-12-18-22/h4-19,23-24H,1-3H3/t19-,23-,24-/m0/s1. The molecule has 0 aromatic heterocycles. The van der Waals surface area contributed by atoms with E-state index in [1.54, 1.807) is 0 Å². The molecule has 4 rings (SSSR count). The van der Waals surface area contributed by atoms with Gasteiger partial charge in [0.1, 0.15) is 0 Å². The van der Waals surface area contributed by atoms with E-state index in [0.29, 0.717) is 0 Å². The predicted molar refractivity (Wildman–Crippen MR) is 116 cm³/mol. The van der Waals surface area contributed by atoms with Crippen LogP contribution in [-0.4, -0.2) is 29.9 Å². The normalized spacial score (nSPS) is 20.3. The number of hydrogen-bond acceptors (Lipinski definition) is 1. The third-order valence-electron chi connectivity index (χ3n) is 5.64. The first-order valence-corrected chi connectivity index (χ1v) is 9.85. The van der Waals surface area contributed by atoms with Gasteiger partial charge >= 0.3 is 0 Å². The Morgan fingerprint density at radius 2 is 1.04 bits per heavy atom. The van der Waals surface area contributed by atoms with Crippen LogP contribution < -0.4 is 0 Å². The summed E-state index contributed by atoms with van der Waals surface area (Å²) < 4.78 is 0. The van der Waals surface area contributed by atoms with Gasteiger partial charge in [-0.2, -0.15) is 0 Å². The summed E-state index contributed by atoms with van der Waals surface area (Å²) in [6.07, 6.45) is 0. The minimum absolute atomic E-state index is 0.104. The number of rotatable bonds is 4. The molecule has 3 heteroatoms. The van der Waals surface area contributed by atoms with Gasteiger partial charge in [0.05, 0.1) is 18.1 Å². The van der Waals surface area contributed by atoms with Crippen molar-refractivity contribution >= 4 is 5.96 Å². The second kappa shape index (κ2) is 7.89. The van der Waals surface area contributed by atoms with Crippen LogP contribution in [0.15, 0.2) is 96.0 Å². The van der Waals surface area contributed by atoms with Crippen LogP contribution in [-0.2, 0) is 0 Å². The van der Waals surface area contributed by atoms with E-state index < -0.39 is 0 Å². The van der Waals surface area contributed by atoms with Gasteiger partial charge in [0.2, 0.25) is 0 Å². The predicted octanol–water partition coefficient (Wildman–Crippen LogP) is 5.46. The van der Waals surface area contributed by atoms with Gasteiger partial charge in [-0.3, -0.25) is 0 Å². The molecule has 28 heavy (non-hydrogen) atoms. The van der Waals surface area contributed by atoms with Crippen LogP contribution in [0.2, 0.25) is 0 Å². The largest absolute Gasteiger partial charge is 0.336 e. The zero-order valence-electron chi connectivity index (χ0n) is 16.7. The molecule has 3 atom stereocenters. The first kappa shape index (κ1) is 18.3. The molecular formula is C25H27N3. The Kier molecular flexibility index (Phi) is 5.16. The molecule has 1 aliphatic rings. The highest BCUT2D eigenvalue weighted by molar-refractivity contribution is 5.83. The maximum absolute atomic E-state index is 5.13. The summed E-state index contributed by atoms with van der Waals surface area (Å²) in [6, 6.07) is 32.5. The van der Waals surface area contributed by atoms with Gasteiger partial charge in [0.25, 0.3) is 0 Å². The Balaban J connectivity index is 1.76. The second-order valence-electron chi connectivity index (χ2n) is 7.45. The molecule has 0 unspecified atom stereocenters. The Morgan fingerprint density at radius 3 is 1.46 bits per heavy atom. The molecule has 1 saturated heterocycles. The van der Waals surface area contributed by atoms with Gasteiger partial charge in [-0.05, 0) is 23.6 Å². The van der Waals surface area contributed by atoms with Gasteiger partial charge in [-0.15, -0.1) is 0 Å². The Labute approximate surface area is 168 Å². The molecule has 0 N–H and O–H groups in total. The van der Waals surface area contributed by atoms with Crippen LogP contribution in [0, 0.1) is 0 Å². The average molecular weight is 370 g/mol. The van der Waals surface area contributed by atoms with Crippen LogP contribution in [0.4, 0.5) is 0 Å². The van der Waals surface area contributed by atoms with E-state index in [0.717, 1.165) is 5.96 Å². The molecule has 0 amide bonds. The van der Waals surface area contributed by atoms with Crippen LogP contribution >= 0.6 is 0 Å². The highest BCUT2D eigenvalue weighted by Gasteiger charge is 2.42. The number of guanidine groups is 1. The molecule has 142 valence electrons. The van der Waals surface area contributed by atoms with Crippen LogP contribution in [0.5, 0.6) is 0 Å². The van der Waals surface area contributed by atoms with Gasteiger partial charge in [-0.1, -0.05) is 91.0 Å². The van der Waals surface area contributed by atoms with Crippen molar-refractivity contribution in [3.05, 3.63) is 108 Å². The summed E-state index contributed by atoms with van der Waals surface area (Å²) in [6.45, 7) is 2.16. The summed E-state index contributed by atoms with van der Waals surface area (Å²) >= 11 is 0. The molecule has 1 fully saturated rings. The molecule has 0 bridgehead atoms. The lowest BCUT2D eigenvalue weighted by atomic mass is 9.93. The SMILES string of the molecule is C[C@H](N=C1N(C)[C@@H](c2ccccc2)[C@H](c2ccccc2)N1C)c1ccccc1. The molecule has 3 nitrogen and oxygen atoms in total. The van der Waals surface area contributed by atoms with Gasteiger partial charge in [0, 0.05) is 14.1 Å². The summed E-state index contributed by atoms with van der Waals surface area (Å²) in [5.74, 6) is 1.03. The molecule has 3 aromatic carbocycles. The minimum Gasteiger partial charge on any atom is -0.336 e. The van der Waals surface area contributed by atoms with E-state index in [1.807, 2.05) is 6.07 Å². The lowest BCUT2D eigenvalue weighted by molar-refractivity contribution is 0.316. The fourth-order valence-corrected chi connectivity index (χ4v) is 4.19. The van der Waals surface area contributed by atoms with Crippen molar-refractivity contribution in [2.75, 3.05) is 14.1 Å². The van der Waals surface area contributed by atoms with Crippen LogP contribution in [0.25, 0.3) is 0 Å². The maximum Gasteiger partial charge on any atom is 0.197 e. The lowest BCUT2D eigenvalue weighted by Crippen LogP contribution is -2.30. The third kappa shape index (κ3) is 3.40. The van der Waals surface area contributed by atoms with Crippen molar-refractivity contribution in [1.82, 2.24) is 9.80 Å². The van der Waals surface area contributed by atoms with Gasteiger partial charge < -0.3 is 9.80 Å². The van der Waals surface area contributed by atoms with Gasteiger partial charge in [-0.25, -0.2) is 4.99 Å². The zero-order chi connectivity index (χ0) is 19.5.